The van der Waals surface area contributed by atoms with Crippen LogP contribution in [-0.4, -0.2) is 16.0 Å². The number of aryl methyl sites for hydroxylation is 1. The molecule has 1 heterocycles. The third-order valence-corrected chi connectivity index (χ3v) is 4.01. The molecule has 1 amide bonds. The number of benzene rings is 1. The molecule has 0 N–H and O–H groups in total. The molecule has 5 heteroatoms. The number of thioether (sulfide) groups is 1. The maximum atomic E-state index is 11.7. The number of halogens is 1. The van der Waals surface area contributed by atoms with Gasteiger partial charge in [0.15, 0.2) is 0 Å². The first-order valence-corrected chi connectivity index (χ1v) is 6.54. The molecular formula is C10H8BrNOS2. The second-order valence-electron chi connectivity index (χ2n) is 3.21. The van der Waals surface area contributed by atoms with Crippen LogP contribution in [0.3, 0.4) is 0 Å². The summed E-state index contributed by atoms with van der Waals surface area (Å²) in [4.78, 5) is 13.3. The number of nitrogens with zero attached hydrogens (tertiary/aromatic N) is 1. The fourth-order valence-corrected chi connectivity index (χ4v) is 2.84. The maximum absolute atomic E-state index is 11.7. The van der Waals surface area contributed by atoms with Crippen molar-refractivity contribution in [1.29, 1.82) is 0 Å². The van der Waals surface area contributed by atoms with Gasteiger partial charge < -0.3 is 0 Å². The predicted octanol–water partition coefficient (Wildman–Crippen LogP) is 3.12. The van der Waals surface area contributed by atoms with E-state index in [1.54, 1.807) is 4.90 Å². The van der Waals surface area contributed by atoms with Crippen molar-refractivity contribution in [3.8, 4) is 0 Å². The first-order chi connectivity index (χ1) is 7.09. The summed E-state index contributed by atoms with van der Waals surface area (Å²) in [5, 5.41) is 0. The van der Waals surface area contributed by atoms with Crippen LogP contribution in [0.2, 0.25) is 0 Å². The van der Waals surface area contributed by atoms with Crippen LogP contribution >= 0.6 is 39.9 Å². The fraction of sp³-hybridized carbons (Fsp3) is 0.200. The minimum atomic E-state index is 0.0613. The number of amides is 1. The zero-order chi connectivity index (χ0) is 11.0. The molecule has 0 spiro atoms. The van der Waals surface area contributed by atoms with E-state index in [-0.39, 0.29) is 5.91 Å². The average molecular weight is 302 g/mol. The highest BCUT2D eigenvalue weighted by atomic mass is 79.9. The van der Waals surface area contributed by atoms with Crippen molar-refractivity contribution in [1.82, 2.24) is 0 Å². The van der Waals surface area contributed by atoms with Gasteiger partial charge in [0.1, 0.15) is 4.32 Å². The summed E-state index contributed by atoms with van der Waals surface area (Å²) in [6, 6.07) is 5.85. The molecule has 0 saturated carbocycles. The molecular weight excluding hydrogens is 294 g/mol. The molecule has 0 aliphatic carbocycles. The van der Waals surface area contributed by atoms with Crippen LogP contribution in [-0.2, 0) is 4.79 Å². The number of hydrogen-bond donors (Lipinski definition) is 0. The van der Waals surface area contributed by atoms with Crippen molar-refractivity contribution in [2.45, 2.75) is 6.92 Å². The normalized spacial score (nSPS) is 16.3. The minimum absolute atomic E-state index is 0.0613. The third kappa shape index (κ3) is 2.09. The average Bonchev–Trinajstić information content (AvgIpc) is 2.51. The lowest BCUT2D eigenvalue weighted by molar-refractivity contribution is -0.115. The molecule has 2 nitrogen and oxygen atoms in total. The van der Waals surface area contributed by atoms with E-state index >= 15 is 0 Å². The molecule has 0 radical (unpaired) electrons. The molecule has 1 aliphatic heterocycles. The van der Waals surface area contributed by atoms with Crippen molar-refractivity contribution >= 4 is 55.8 Å². The Morgan fingerprint density at radius 2 is 2.27 bits per heavy atom. The van der Waals surface area contributed by atoms with Gasteiger partial charge in [-0.15, -0.1) is 0 Å². The van der Waals surface area contributed by atoms with Gasteiger partial charge in [0, 0.05) is 4.47 Å². The Hall–Kier alpha value is -0.390. The minimum Gasteiger partial charge on any atom is -0.273 e. The molecule has 15 heavy (non-hydrogen) atoms. The lowest BCUT2D eigenvalue weighted by Gasteiger charge is -2.17. The Balaban J connectivity index is 2.48. The molecule has 1 aromatic carbocycles. The highest BCUT2D eigenvalue weighted by Crippen LogP contribution is 2.31. The van der Waals surface area contributed by atoms with Crippen LogP contribution in [0.1, 0.15) is 5.56 Å². The number of anilines is 1. The fourth-order valence-electron chi connectivity index (χ4n) is 1.41. The van der Waals surface area contributed by atoms with Crippen molar-refractivity contribution in [3.05, 3.63) is 28.2 Å². The summed E-state index contributed by atoms with van der Waals surface area (Å²) < 4.78 is 1.59. The summed E-state index contributed by atoms with van der Waals surface area (Å²) in [5.41, 5.74) is 1.93. The topological polar surface area (TPSA) is 20.3 Å². The van der Waals surface area contributed by atoms with Crippen LogP contribution in [0.4, 0.5) is 5.69 Å². The molecule has 2 rings (SSSR count). The van der Waals surface area contributed by atoms with Crippen molar-refractivity contribution in [3.63, 3.8) is 0 Å². The van der Waals surface area contributed by atoms with Crippen LogP contribution in [0.15, 0.2) is 22.7 Å². The van der Waals surface area contributed by atoms with E-state index < -0.39 is 0 Å². The standard InChI is InChI=1S/C10H8BrNOS2/c1-6-2-3-7(11)4-8(6)12-9(13)5-15-10(12)14/h2-4H,5H2,1H3. The molecule has 1 aromatic rings. The maximum Gasteiger partial charge on any atom is 0.243 e. The summed E-state index contributed by atoms with van der Waals surface area (Å²) >= 11 is 9.97. The van der Waals surface area contributed by atoms with E-state index in [2.05, 4.69) is 15.9 Å². The summed E-state index contributed by atoms with van der Waals surface area (Å²) in [7, 11) is 0. The van der Waals surface area contributed by atoms with Gasteiger partial charge in [-0.2, -0.15) is 0 Å². The van der Waals surface area contributed by atoms with E-state index in [9.17, 15) is 4.79 Å². The van der Waals surface area contributed by atoms with E-state index in [1.807, 2.05) is 25.1 Å². The smallest absolute Gasteiger partial charge is 0.243 e. The predicted molar refractivity (Wildman–Crippen MR) is 71.4 cm³/mol. The van der Waals surface area contributed by atoms with E-state index in [1.165, 1.54) is 11.8 Å². The lowest BCUT2D eigenvalue weighted by Crippen LogP contribution is -2.28. The summed E-state index contributed by atoms with van der Waals surface area (Å²) in [5.74, 6) is 0.510. The van der Waals surface area contributed by atoms with Gasteiger partial charge in [-0.3, -0.25) is 9.69 Å². The van der Waals surface area contributed by atoms with Gasteiger partial charge in [-0.1, -0.05) is 46.0 Å². The Bertz CT molecular complexity index is 431. The highest BCUT2D eigenvalue weighted by Gasteiger charge is 2.29. The second kappa shape index (κ2) is 4.23. The van der Waals surface area contributed by atoms with Gasteiger partial charge in [0.25, 0.3) is 0 Å². The summed E-state index contributed by atoms with van der Waals surface area (Å²) in [6.45, 7) is 1.97. The SMILES string of the molecule is Cc1ccc(Br)cc1N1C(=O)CSC1=S. The monoisotopic (exact) mass is 301 g/mol. The highest BCUT2D eigenvalue weighted by molar-refractivity contribution is 9.10. The van der Waals surface area contributed by atoms with E-state index in [0.29, 0.717) is 10.1 Å². The molecule has 0 atom stereocenters. The van der Waals surface area contributed by atoms with Crippen molar-refractivity contribution in [2.75, 3.05) is 10.7 Å². The van der Waals surface area contributed by atoms with Crippen LogP contribution in [0.25, 0.3) is 0 Å². The second-order valence-corrected chi connectivity index (χ2v) is 5.74. The zero-order valence-electron chi connectivity index (χ0n) is 7.99. The van der Waals surface area contributed by atoms with E-state index in [0.717, 1.165) is 15.7 Å². The number of rotatable bonds is 1. The van der Waals surface area contributed by atoms with Crippen molar-refractivity contribution < 1.29 is 4.79 Å². The Morgan fingerprint density at radius 1 is 1.53 bits per heavy atom. The largest absolute Gasteiger partial charge is 0.273 e. The van der Waals surface area contributed by atoms with E-state index in [4.69, 9.17) is 12.2 Å². The Morgan fingerprint density at radius 3 is 2.87 bits per heavy atom. The first-order valence-electron chi connectivity index (χ1n) is 4.35. The van der Waals surface area contributed by atoms with Crippen LogP contribution < -0.4 is 4.90 Å². The Labute approximate surface area is 106 Å². The Kier molecular flexibility index (Phi) is 3.13. The molecule has 0 unspecified atom stereocenters. The first kappa shape index (κ1) is 11.1. The van der Waals surface area contributed by atoms with Gasteiger partial charge >= 0.3 is 0 Å². The van der Waals surface area contributed by atoms with Gasteiger partial charge in [-0.25, -0.2) is 0 Å². The number of carbonyl (C=O) groups excluding carboxylic acids is 1. The lowest BCUT2D eigenvalue weighted by atomic mass is 10.2. The molecule has 0 aromatic heterocycles. The molecule has 78 valence electrons. The quantitative estimate of drug-likeness (QED) is 0.743. The number of hydrogen-bond acceptors (Lipinski definition) is 3. The molecule has 1 fully saturated rings. The molecule has 1 aliphatic rings. The van der Waals surface area contributed by atoms with Crippen LogP contribution in [0.5, 0.6) is 0 Å². The van der Waals surface area contributed by atoms with Gasteiger partial charge in [0.05, 0.1) is 11.4 Å². The number of thiocarbonyl (C=S) groups is 1. The van der Waals surface area contributed by atoms with Crippen molar-refractivity contribution in [2.24, 2.45) is 0 Å². The van der Waals surface area contributed by atoms with Gasteiger partial charge in [0.2, 0.25) is 5.91 Å². The molecule has 1 saturated heterocycles. The third-order valence-electron chi connectivity index (χ3n) is 2.16. The van der Waals surface area contributed by atoms with Crippen LogP contribution in [0, 0.1) is 6.92 Å². The zero-order valence-corrected chi connectivity index (χ0v) is 11.2. The number of carbonyl (C=O) groups is 1. The molecule has 0 bridgehead atoms. The summed E-state index contributed by atoms with van der Waals surface area (Å²) in [6.07, 6.45) is 0. The van der Waals surface area contributed by atoms with Gasteiger partial charge in [-0.05, 0) is 24.6 Å².